The largest absolute Gasteiger partial charge is 0.379 e. The number of benzene rings is 1. The Hall–Kier alpha value is -2.85. The van der Waals surface area contributed by atoms with Crippen molar-refractivity contribution in [3.63, 3.8) is 0 Å². The SMILES string of the molecule is CNC1CN(c2cc(CNc3ccc(C#N)cc3)nc(N)n2)C1. The molecule has 1 aromatic carbocycles. The number of anilines is 3. The van der Waals surface area contributed by atoms with Gasteiger partial charge in [-0.2, -0.15) is 10.2 Å². The highest BCUT2D eigenvalue weighted by Crippen LogP contribution is 2.20. The minimum absolute atomic E-state index is 0.284. The van der Waals surface area contributed by atoms with Crippen LogP contribution in [0.4, 0.5) is 17.5 Å². The fraction of sp³-hybridized carbons (Fsp3) is 0.312. The Bertz CT molecular complexity index is 714. The second kappa shape index (κ2) is 6.50. The topological polar surface area (TPSA) is 103 Å². The summed E-state index contributed by atoms with van der Waals surface area (Å²) in [5.74, 6) is 1.15. The van der Waals surface area contributed by atoms with E-state index in [2.05, 4.69) is 31.6 Å². The summed E-state index contributed by atoms with van der Waals surface area (Å²) in [6, 6.07) is 11.9. The van der Waals surface area contributed by atoms with Crippen LogP contribution in [0.15, 0.2) is 30.3 Å². The average molecular weight is 309 g/mol. The molecule has 1 aliphatic heterocycles. The van der Waals surface area contributed by atoms with Gasteiger partial charge >= 0.3 is 0 Å². The van der Waals surface area contributed by atoms with E-state index in [1.807, 2.05) is 25.2 Å². The number of hydrogen-bond donors (Lipinski definition) is 3. The number of nitriles is 1. The van der Waals surface area contributed by atoms with E-state index >= 15 is 0 Å². The molecule has 0 atom stereocenters. The Labute approximate surface area is 135 Å². The zero-order valence-corrected chi connectivity index (χ0v) is 13.0. The molecule has 2 heterocycles. The lowest BCUT2D eigenvalue weighted by atomic mass is 10.1. The number of nitrogens with one attached hydrogen (secondary N) is 2. The van der Waals surface area contributed by atoms with Gasteiger partial charge in [0.05, 0.1) is 23.9 Å². The normalized spacial score (nSPS) is 14.2. The molecular formula is C16H19N7. The van der Waals surface area contributed by atoms with Crippen LogP contribution in [0.2, 0.25) is 0 Å². The van der Waals surface area contributed by atoms with Gasteiger partial charge in [-0.05, 0) is 31.3 Å². The van der Waals surface area contributed by atoms with Crippen molar-refractivity contribution in [1.82, 2.24) is 15.3 Å². The van der Waals surface area contributed by atoms with E-state index in [1.54, 1.807) is 12.1 Å². The summed E-state index contributed by atoms with van der Waals surface area (Å²) in [7, 11) is 1.96. The molecular weight excluding hydrogens is 290 g/mol. The van der Waals surface area contributed by atoms with E-state index in [4.69, 9.17) is 11.0 Å². The maximum Gasteiger partial charge on any atom is 0.222 e. The van der Waals surface area contributed by atoms with Gasteiger partial charge in [-0.3, -0.25) is 0 Å². The molecule has 2 aromatic rings. The lowest BCUT2D eigenvalue weighted by molar-refractivity contribution is 0.447. The van der Waals surface area contributed by atoms with Gasteiger partial charge in [-0.1, -0.05) is 0 Å². The highest BCUT2D eigenvalue weighted by Gasteiger charge is 2.26. The molecule has 4 N–H and O–H groups in total. The number of nitrogen functional groups attached to an aromatic ring is 1. The predicted octanol–water partition coefficient (Wildman–Crippen LogP) is 0.951. The van der Waals surface area contributed by atoms with Crippen LogP contribution < -0.4 is 21.3 Å². The van der Waals surface area contributed by atoms with Crippen LogP contribution >= 0.6 is 0 Å². The third-order valence-corrected chi connectivity index (χ3v) is 3.88. The van der Waals surface area contributed by atoms with Crippen LogP contribution in [0, 0.1) is 11.3 Å². The summed E-state index contributed by atoms with van der Waals surface area (Å²) in [5, 5.41) is 15.3. The zero-order valence-electron chi connectivity index (χ0n) is 13.0. The fourth-order valence-corrected chi connectivity index (χ4v) is 2.46. The number of nitrogens with zero attached hydrogens (tertiary/aromatic N) is 4. The Morgan fingerprint density at radius 2 is 2.04 bits per heavy atom. The van der Waals surface area contributed by atoms with Crippen molar-refractivity contribution in [2.45, 2.75) is 12.6 Å². The second-order valence-corrected chi connectivity index (χ2v) is 5.51. The average Bonchev–Trinajstić information content (AvgIpc) is 2.52. The molecule has 0 spiro atoms. The third kappa shape index (κ3) is 3.49. The van der Waals surface area contributed by atoms with Gasteiger partial charge in [-0.25, -0.2) is 4.98 Å². The quantitative estimate of drug-likeness (QED) is 0.755. The minimum atomic E-state index is 0.284. The number of likely N-dealkylation sites (N-methyl/N-ethyl adjacent to an activating group) is 1. The summed E-state index contributed by atoms with van der Waals surface area (Å²) < 4.78 is 0. The summed E-state index contributed by atoms with van der Waals surface area (Å²) in [6.07, 6.45) is 0. The van der Waals surface area contributed by atoms with Crippen LogP contribution in [0.3, 0.4) is 0 Å². The first-order valence-electron chi connectivity index (χ1n) is 7.47. The van der Waals surface area contributed by atoms with E-state index in [0.717, 1.165) is 30.3 Å². The highest BCUT2D eigenvalue weighted by molar-refractivity contribution is 5.49. The van der Waals surface area contributed by atoms with Crippen molar-refractivity contribution in [2.24, 2.45) is 0 Å². The Kier molecular flexibility index (Phi) is 4.26. The maximum absolute atomic E-state index is 8.80. The molecule has 1 aliphatic rings. The van der Waals surface area contributed by atoms with Gasteiger partial charge < -0.3 is 21.3 Å². The van der Waals surface area contributed by atoms with Crippen LogP contribution in [0.25, 0.3) is 0 Å². The zero-order chi connectivity index (χ0) is 16.2. The van der Waals surface area contributed by atoms with Gasteiger partial charge in [-0.15, -0.1) is 0 Å². The Morgan fingerprint density at radius 3 is 2.70 bits per heavy atom. The van der Waals surface area contributed by atoms with E-state index in [9.17, 15) is 0 Å². The van der Waals surface area contributed by atoms with Crippen molar-refractivity contribution >= 4 is 17.5 Å². The van der Waals surface area contributed by atoms with Crippen LogP contribution in [0.1, 0.15) is 11.3 Å². The summed E-state index contributed by atoms with van der Waals surface area (Å²) in [4.78, 5) is 10.7. The lowest BCUT2D eigenvalue weighted by Gasteiger charge is -2.40. The first-order valence-corrected chi connectivity index (χ1v) is 7.47. The van der Waals surface area contributed by atoms with Crippen LogP contribution in [-0.2, 0) is 6.54 Å². The first kappa shape index (κ1) is 15.1. The summed E-state index contributed by atoms with van der Waals surface area (Å²) in [5.41, 5.74) is 8.23. The van der Waals surface area contributed by atoms with E-state index in [0.29, 0.717) is 18.2 Å². The summed E-state index contributed by atoms with van der Waals surface area (Å²) >= 11 is 0. The molecule has 23 heavy (non-hydrogen) atoms. The van der Waals surface area contributed by atoms with Gasteiger partial charge in [0.25, 0.3) is 0 Å². The van der Waals surface area contributed by atoms with Gasteiger partial charge in [0.1, 0.15) is 5.82 Å². The Balaban J connectivity index is 1.65. The van der Waals surface area contributed by atoms with E-state index in [1.165, 1.54) is 0 Å². The molecule has 0 saturated carbocycles. The minimum Gasteiger partial charge on any atom is -0.379 e. The van der Waals surface area contributed by atoms with Crippen molar-refractivity contribution in [3.8, 4) is 6.07 Å². The van der Waals surface area contributed by atoms with E-state index < -0.39 is 0 Å². The van der Waals surface area contributed by atoms with E-state index in [-0.39, 0.29) is 5.95 Å². The Morgan fingerprint density at radius 1 is 1.30 bits per heavy atom. The maximum atomic E-state index is 8.80. The second-order valence-electron chi connectivity index (χ2n) is 5.51. The molecule has 0 amide bonds. The molecule has 0 bridgehead atoms. The fourth-order valence-electron chi connectivity index (χ4n) is 2.46. The first-order chi connectivity index (χ1) is 11.2. The third-order valence-electron chi connectivity index (χ3n) is 3.88. The smallest absolute Gasteiger partial charge is 0.222 e. The molecule has 118 valence electrons. The van der Waals surface area contributed by atoms with Crippen molar-refractivity contribution in [1.29, 1.82) is 5.26 Å². The summed E-state index contributed by atoms with van der Waals surface area (Å²) in [6.45, 7) is 2.40. The van der Waals surface area contributed by atoms with Crippen molar-refractivity contribution in [2.75, 3.05) is 36.1 Å². The molecule has 3 rings (SSSR count). The number of rotatable bonds is 5. The highest BCUT2D eigenvalue weighted by atomic mass is 15.3. The van der Waals surface area contributed by atoms with Gasteiger partial charge in [0.2, 0.25) is 5.95 Å². The molecule has 1 saturated heterocycles. The standard InChI is InChI=1S/C16H19N7/c1-19-14-9-23(10-14)15-6-13(21-16(18)22-15)8-20-12-4-2-11(7-17)3-5-12/h2-6,14,19-20H,8-10H2,1H3,(H2,18,21,22). The van der Waals surface area contributed by atoms with Gasteiger partial charge in [0, 0.05) is 30.9 Å². The van der Waals surface area contributed by atoms with Crippen molar-refractivity contribution < 1.29 is 0 Å². The molecule has 1 fully saturated rings. The van der Waals surface area contributed by atoms with Crippen molar-refractivity contribution in [3.05, 3.63) is 41.6 Å². The molecule has 0 aliphatic carbocycles. The molecule has 0 unspecified atom stereocenters. The molecule has 7 nitrogen and oxygen atoms in total. The van der Waals surface area contributed by atoms with Gasteiger partial charge in [0.15, 0.2) is 0 Å². The van der Waals surface area contributed by atoms with Crippen LogP contribution in [-0.4, -0.2) is 36.1 Å². The van der Waals surface area contributed by atoms with Crippen LogP contribution in [0.5, 0.6) is 0 Å². The number of aromatic nitrogens is 2. The lowest BCUT2D eigenvalue weighted by Crippen LogP contribution is -2.57. The number of hydrogen-bond acceptors (Lipinski definition) is 7. The molecule has 0 radical (unpaired) electrons. The monoisotopic (exact) mass is 309 g/mol. The number of nitrogens with two attached hydrogens (primary N) is 1. The molecule has 1 aromatic heterocycles. The predicted molar refractivity (Wildman–Crippen MR) is 90.0 cm³/mol. The molecule has 7 heteroatoms.